The van der Waals surface area contributed by atoms with Gasteiger partial charge in [0, 0.05) is 0 Å². The quantitative estimate of drug-likeness (QED) is 0.568. The van der Waals surface area contributed by atoms with Crippen LogP contribution in [-0.4, -0.2) is 0 Å². The second-order valence-electron chi connectivity index (χ2n) is 4.83. The van der Waals surface area contributed by atoms with E-state index in [0.717, 1.165) is 0 Å². The molecule has 2 aromatic rings. The molecule has 0 unspecified atom stereocenters. The number of hydrogen-bond donors (Lipinski definition) is 2. The minimum absolute atomic E-state index is 0.152. The van der Waals surface area contributed by atoms with Gasteiger partial charge in [-0.1, -0.05) is 0 Å². The number of rotatable bonds is 1. The van der Waals surface area contributed by atoms with Gasteiger partial charge in [0.25, 0.3) is 0 Å². The first kappa shape index (κ1) is 17.8. The zero-order valence-corrected chi connectivity index (χ0v) is 11.5. The fourth-order valence-electron chi connectivity index (χ4n) is 2.09. The summed E-state index contributed by atoms with van der Waals surface area (Å²) in [5, 5.41) is 0. The molecule has 0 saturated carbocycles. The molecular weight excluding hydrogens is 348 g/mol. The van der Waals surface area contributed by atoms with Gasteiger partial charge in [0.15, 0.2) is 0 Å². The van der Waals surface area contributed by atoms with E-state index < -0.39 is 57.6 Å². The fourth-order valence-corrected chi connectivity index (χ4v) is 2.09. The van der Waals surface area contributed by atoms with E-state index in [1.54, 1.807) is 0 Å². The van der Waals surface area contributed by atoms with E-state index in [-0.39, 0.29) is 24.3 Å². The van der Waals surface area contributed by atoms with Crippen molar-refractivity contribution < 1.29 is 35.1 Å². The summed E-state index contributed by atoms with van der Waals surface area (Å²) < 4.78 is 106. The summed E-state index contributed by atoms with van der Waals surface area (Å²) in [5.74, 6) is -2.74. The number of alkyl halides is 6. The second-order valence-corrected chi connectivity index (χ2v) is 4.83. The van der Waals surface area contributed by atoms with Crippen molar-refractivity contribution >= 4 is 11.4 Å². The molecule has 0 aromatic heterocycles. The second kappa shape index (κ2) is 5.53. The van der Waals surface area contributed by atoms with Gasteiger partial charge in [-0.2, -0.15) is 26.3 Å². The highest BCUT2D eigenvalue weighted by molar-refractivity contribution is 5.76. The molecule has 0 amide bonds. The Morgan fingerprint density at radius 3 is 1.12 bits per heavy atom. The van der Waals surface area contributed by atoms with Gasteiger partial charge in [-0.15, -0.1) is 0 Å². The molecule has 2 aromatic carbocycles. The van der Waals surface area contributed by atoms with Gasteiger partial charge in [-0.3, -0.25) is 0 Å². The third-order valence-corrected chi connectivity index (χ3v) is 3.17. The summed E-state index contributed by atoms with van der Waals surface area (Å²) in [7, 11) is 0. The molecule has 2 nitrogen and oxygen atoms in total. The normalized spacial score (nSPS) is 12.5. The molecule has 0 aliphatic rings. The summed E-state index contributed by atoms with van der Waals surface area (Å²) >= 11 is 0. The van der Waals surface area contributed by atoms with Crippen LogP contribution in [0.25, 0.3) is 11.1 Å². The Balaban J connectivity index is 2.91. The number of hydrogen-bond acceptors (Lipinski definition) is 2. The van der Waals surface area contributed by atoms with E-state index in [2.05, 4.69) is 0 Å². The first-order chi connectivity index (χ1) is 10.8. The number of halogens is 8. The molecule has 24 heavy (non-hydrogen) atoms. The van der Waals surface area contributed by atoms with E-state index in [0.29, 0.717) is 0 Å². The van der Waals surface area contributed by atoms with Gasteiger partial charge in [0.2, 0.25) is 0 Å². The maximum Gasteiger partial charge on any atom is 0.417 e. The predicted molar refractivity (Wildman–Crippen MR) is 70.6 cm³/mol. The molecule has 0 spiro atoms. The lowest BCUT2D eigenvalue weighted by molar-refractivity contribution is -0.139. The molecule has 130 valence electrons. The third-order valence-electron chi connectivity index (χ3n) is 3.17. The van der Waals surface area contributed by atoms with Gasteiger partial charge >= 0.3 is 12.4 Å². The highest BCUT2D eigenvalue weighted by Gasteiger charge is 2.39. The molecule has 0 aliphatic heterocycles. The first-order valence-electron chi connectivity index (χ1n) is 6.15. The Morgan fingerprint density at radius 2 is 0.875 bits per heavy atom. The number of benzene rings is 2. The Labute approximate surface area is 129 Å². The predicted octanol–water partition coefficient (Wildman–Crippen LogP) is 4.83. The van der Waals surface area contributed by atoms with Crippen molar-refractivity contribution in [1.29, 1.82) is 0 Å². The van der Waals surface area contributed by atoms with Crippen molar-refractivity contribution in [3.05, 3.63) is 47.0 Å². The molecule has 0 saturated heterocycles. The summed E-state index contributed by atoms with van der Waals surface area (Å²) in [4.78, 5) is 0. The van der Waals surface area contributed by atoms with Gasteiger partial charge in [0.1, 0.15) is 11.6 Å². The first-order valence-corrected chi connectivity index (χ1v) is 6.15. The number of anilines is 2. The number of nitrogen functional groups attached to an aromatic ring is 2. The molecule has 2 rings (SSSR count). The van der Waals surface area contributed by atoms with E-state index in [1.807, 2.05) is 0 Å². The molecule has 0 aliphatic carbocycles. The van der Waals surface area contributed by atoms with Crippen LogP contribution in [0.5, 0.6) is 0 Å². The molecular formula is C14H8F8N2. The van der Waals surface area contributed by atoms with Crippen molar-refractivity contribution in [1.82, 2.24) is 0 Å². The summed E-state index contributed by atoms with van der Waals surface area (Å²) in [6, 6.07) is 0.662. The largest absolute Gasteiger partial charge is 0.417 e. The van der Waals surface area contributed by atoms with Crippen molar-refractivity contribution in [2.75, 3.05) is 11.5 Å². The Kier molecular flexibility index (Phi) is 4.11. The molecule has 10 heteroatoms. The van der Waals surface area contributed by atoms with Crippen LogP contribution in [-0.2, 0) is 12.4 Å². The van der Waals surface area contributed by atoms with Gasteiger partial charge in [-0.05, 0) is 35.4 Å². The molecule has 0 radical (unpaired) electrons. The lowest BCUT2D eigenvalue weighted by Crippen LogP contribution is -2.13. The Bertz CT molecular complexity index is 725. The van der Waals surface area contributed by atoms with E-state index >= 15 is 0 Å². The van der Waals surface area contributed by atoms with Crippen LogP contribution in [0.4, 0.5) is 46.5 Å². The maximum absolute atomic E-state index is 13.5. The average molecular weight is 356 g/mol. The van der Waals surface area contributed by atoms with Crippen molar-refractivity contribution in [3.63, 3.8) is 0 Å². The standard InChI is InChI=1S/C14H8F8N2/c15-9-1-5(7(3-11(9)23)13(17,18)19)6-2-10(16)12(24)4-8(6)14(20,21)22/h1-4H,23-24H2. The average Bonchev–Trinajstić information content (AvgIpc) is 2.41. The van der Waals surface area contributed by atoms with Crippen LogP contribution in [0.15, 0.2) is 24.3 Å². The van der Waals surface area contributed by atoms with Crippen molar-refractivity contribution in [3.8, 4) is 11.1 Å². The zero-order chi connectivity index (χ0) is 18.4. The third kappa shape index (κ3) is 3.22. The minimum Gasteiger partial charge on any atom is -0.396 e. The van der Waals surface area contributed by atoms with E-state index in [1.165, 1.54) is 0 Å². The molecule has 0 bridgehead atoms. The lowest BCUT2D eigenvalue weighted by atomic mass is 9.93. The topological polar surface area (TPSA) is 52.0 Å². The van der Waals surface area contributed by atoms with Crippen LogP contribution in [0.2, 0.25) is 0 Å². The summed E-state index contributed by atoms with van der Waals surface area (Å²) in [6.07, 6.45) is -10.3. The SMILES string of the molecule is Nc1cc(C(F)(F)F)c(-c2cc(F)c(N)cc2C(F)(F)F)cc1F. The molecule has 0 atom stereocenters. The molecule has 0 heterocycles. The molecule has 0 fully saturated rings. The van der Waals surface area contributed by atoms with Crippen LogP contribution < -0.4 is 11.5 Å². The highest BCUT2D eigenvalue weighted by atomic mass is 19.4. The lowest BCUT2D eigenvalue weighted by Gasteiger charge is -2.19. The summed E-state index contributed by atoms with van der Waals surface area (Å²) in [5.41, 5.74) is 2.64. The smallest absolute Gasteiger partial charge is 0.396 e. The van der Waals surface area contributed by atoms with Crippen molar-refractivity contribution in [2.24, 2.45) is 0 Å². The van der Waals surface area contributed by atoms with E-state index in [9.17, 15) is 35.1 Å². The number of nitrogens with two attached hydrogens (primary N) is 2. The zero-order valence-electron chi connectivity index (χ0n) is 11.5. The van der Waals surface area contributed by atoms with Gasteiger partial charge in [0.05, 0.1) is 22.5 Å². The van der Waals surface area contributed by atoms with Gasteiger partial charge in [-0.25, -0.2) is 8.78 Å². The van der Waals surface area contributed by atoms with Crippen LogP contribution in [0, 0.1) is 11.6 Å². The minimum atomic E-state index is -5.14. The maximum atomic E-state index is 13.5. The van der Waals surface area contributed by atoms with E-state index in [4.69, 9.17) is 11.5 Å². The molecule has 4 N–H and O–H groups in total. The van der Waals surface area contributed by atoms with Gasteiger partial charge < -0.3 is 11.5 Å². The van der Waals surface area contributed by atoms with Crippen LogP contribution in [0.1, 0.15) is 11.1 Å². The fraction of sp³-hybridized carbons (Fsp3) is 0.143. The Hall–Kier alpha value is -2.52. The van der Waals surface area contributed by atoms with Crippen LogP contribution >= 0.6 is 0 Å². The highest BCUT2D eigenvalue weighted by Crippen LogP contribution is 2.44. The summed E-state index contributed by atoms with van der Waals surface area (Å²) in [6.45, 7) is 0. The van der Waals surface area contributed by atoms with Crippen molar-refractivity contribution in [2.45, 2.75) is 12.4 Å². The van der Waals surface area contributed by atoms with Crippen LogP contribution in [0.3, 0.4) is 0 Å². The Morgan fingerprint density at radius 1 is 0.583 bits per heavy atom. The monoisotopic (exact) mass is 356 g/mol.